The fourth-order valence-electron chi connectivity index (χ4n) is 3.81. The lowest BCUT2D eigenvalue weighted by atomic mass is 9.89. The topological polar surface area (TPSA) is 70.0 Å². The number of halogens is 3. The van der Waals surface area contributed by atoms with Crippen LogP contribution in [0.1, 0.15) is 21.5 Å². The third-order valence-electron chi connectivity index (χ3n) is 5.25. The molecule has 1 amide bonds. The van der Waals surface area contributed by atoms with Crippen LogP contribution < -0.4 is 0 Å². The predicted molar refractivity (Wildman–Crippen MR) is 93.7 cm³/mol. The number of benzene rings is 2. The monoisotopic (exact) mass is 393 g/mol. The summed E-state index contributed by atoms with van der Waals surface area (Å²) in [4.78, 5) is 14.1. The number of aliphatic hydroxyl groups is 2. The molecule has 0 bridgehead atoms. The summed E-state index contributed by atoms with van der Waals surface area (Å²) in [6.07, 6.45) is -5.13. The molecule has 1 aliphatic carbocycles. The molecule has 0 aromatic heterocycles. The Balaban J connectivity index is 1.67. The lowest BCUT2D eigenvalue weighted by Crippen LogP contribution is -2.55. The van der Waals surface area contributed by atoms with Crippen LogP contribution in [0.15, 0.2) is 42.5 Å². The largest absolute Gasteiger partial charge is 0.425 e. The maximum absolute atomic E-state index is 13.9. The van der Waals surface area contributed by atoms with Gasteiger partial charge in [-0.05, 0) is 23.3 Å². The van der Waals surface area contributed by atoms with Crippen molar-refractivity contribution in [3.63, 3.8) is 0 Å². The van der Waals surface area contributed by atoms with Crippen LogP contribution in [0.25, 0.3) is 11.1 Å². The van der Waals surface area contributed by atoms with E-state index in [2.05, 4.69) is 0 Å². The summed E-state index contributed by atoms with van der Waals surface area (Å²) in [5.41, 5.74) is -3.08. The molecule has 0 radical (unpaired) electrons. The Morgan fingerprint density at radius 1 is 1.14 bits per heavy atom. The van der Waals surface area contributed by atoms with Crippen LogP contribution in [0.2, 0.25) is 0 Å². The maximum Gasteiger partial charge on any atom is 0.425 e. The van der Waals surface area contributed by atoms with E-state index in [1.807, 2.05) is 0 Å². The number of hydrogen-bond donors (Lipinski definition) is 2. The second-order valence-electron chi connectivity index (χ2n) is 6.94. The van der Waals surface area contributed by atoms with Crippen molar-refractivity contribution in [1.82, 2.24) is 4.90 Å². The van der Waals surface area contributed by atoms with Crippen LogP contribution in [0.5, 0.6) is 0 Å². The number of nitrogens with zero attached hydrogens (tertiary/aromatic N) is 1. The van der Waals surface area contributed by atoms with Crippen molar-refractivity contribution in [1.29, 1.82) is 0 Å². The molecule has 1 heterocycles. The first kappa shape index (κ1) is 18.9. The number of carbonyl (C=O) groups is 1. The van der Waals surface area contributed by atoms with E-state index < -0.39 is 17.7 Å². The lowest BCUT2D eigenvalue weighted by molar-refractivity contribution is -0.246. The molecule has 0 spiro atoms. The SMILES string of the molecule is O=C(c1ccc2c(c1)C(O)(C(F)(F)F)c1ccccc1-2)N1CC(OCCO)C1. The Labute approximate surface area is 159 Å². The Bertz CT molecular complexity index is 924. The van der Waals surface area contributed by atoms with Crippen molar-refractivity contribution in [2.45, 2.75) is 17.9 Å². The van der Waals surface area contributed by atoms with Crippen LogP contribution in [-0.4, -0.2) is 59.6 Å². The first-order valence-corrected chi connectivity index (χ1v) is 8.82. The Hall–Kier alpha value is -2.42. The second kappa shape index (κ2) is 6.58. The molecular weight excluding hydrogens is 375 g/mol. The minimum atomic E-state index is -4.93. The molecule has 8 heteroatoms. The first-order valence-electron chi connectivity index (χ1n) is 8.82. The number of hydrogen-bond acceptors (Lipinski definition) is 4. The van der Waals surface area contributed by atoms with Crippen molar-refractivity contribution >= 4 is 5.91 Å². The Morgan fingerprint density at radius 2 is 1.82 bits per heavy atom. The van der Waals surface area contributed by atoms with Crippen LogP contribution in [0.4, 0.5) is 13.2 Å². The highest BCUT2D eigenvalue weighted by atomic mass is 19.4. The summed E-state index contributed by atoms with van der Waals surface area (Å²) in [6, 6.07) is 9.89. The number of carbonyl (C=O) groups excluding carboxylic acids is 1. The number of aliphatic hydroxyl groups excluding tert-OH is 1. The molecular formula is C20H18F3NO4. The normalized spacial score (nSPS) is 21.2. The van der Waals surface area contributed by atoms with Crippen molar-refractivity contribution in [3.05, 3.63) is 59.2 Å². The molecule has 1 atom stereocenters. The van der Waals surface area contributed by atoms with Gasteiger partial charge in [0.15, 0.2) is 0 Å². The van der Waals surface area contributed by atoms with Crippen LogP contribution >= 0.6 is 0 Å². The molecule has 2 aliphatic rings. The van der Waals surface area contributed by atoms with Gasteiger partial charge < -0.3 is 19.8 Å². The van der Waals surface area contributed by atoms with Gasteiger partial charge in [0, 0.05) is 29.8 Å². The molecule has 0 saturated carbocycles. The quantitative estimate of drug-likeness (QED) is 0.837. The average Bonchev–Trinajstić information content (AvgIpc) is 2.90. The third-order valence-corrected chi connectivity index (χ3v) is 5.25. The molecule has 2 aromatic carbocycles. The van der Waals surface area contributed by atoms with E-state index in [0.717, 1.165) is 6.07 Å². The molecule has 1 saturated heterocycles. The second-order valence-corrected chi connectivity index (χ2v) is 6.94. The fourth-order valence-corrected chi connectivity index (χ4v) is 3.81. The van der Waals surface area contributed by atoms with E-state index >= 15 is 0 Å². The fraction of sp³-hybridized carbons (Fsp3) is 0.350. The van der Waals surface area contributed by atoms with E-state index in [9.17, 15) is 23.1 Å². The zero-order valence-corrected chi connectivity index (χ0v) is 14.7. The van der Waals surface area contributed by atoms with Gasteiger partial charge in [-0.15, -0.1) is 0 Å². The average molecular weight is 393 g/mol. The van der Waals surface area contributed by atoms with Gasteiger partial charge in [0.05, 0.1) is 19.3 Å². The van der Waals surface area contributed by atoms with Gasteiger partial charge in [-0.3, -0.25) is 4.79 Å². The first-order chi connectivity index (χ1) is 13.3. The molecule has 1 fully saturated rings. The molecule has 148 valence electrons. The van der Waals surface area contributed by atoms with Crippen LogP contribution in [0, 0.1) is 0 Å². The van der Waals surface area contributed by atoms with Gasteiger partial charge in [0.25, 0.3) is 5.91 Å². The molecule has 28 heavy (non-hydrogen) atoms. The molecule has 1 aliphatic heterocycles. The number of alkyl halides is 3. The molecule has 4 rings (SSSR count). The van der Waals surface area contributed by atoms with E-state index in [1.165, 1.54) is 35.2 Å². The zero-order valence-electron chi connectivity index (χ0n) is 14.7. The van der Waals surface area contributed by atoms with E-state index in [4.69, 9.17) is 9.84 Å². The van der Waals surface area contributed by atoms with Gasteiger partial charge >= 0.3 is 6.18 Å². The summed E-state index contributed by atoms with van der Waals surface area (Å²) >= 11 is 0. The van der Waals surface area contributed by atoms with Gasteiger partial charge in [-0.25, -0.2) is 0 Å². The smallest absolute Gasteiger partial charge is 0.394 e. The van der Waals surface area contributed by atoms with Crippen molar-refractivity contribution in [2.24, 2.45) is 0 Å². The highest BCUT2D eigenvalue weighted by Crippen LogP contribution is 2.55. The number of amides is 1. The standard InChI is InChI=1S/C20H18F3NO4/c21-20(22,23)19(27)16-4-2-1-3-14(16)15-6-5-12(9-17(15)19)18(26)24-10-13(11-24)28-8-7-25/h1-6,9,13,25,27H,7-8,10-11H2. The lowest BCUT2D eigenvalue weighted by Gasteiger charge is -2.39. The van der Waals surface area contributed by atoms with E-state index in [0.29, 0.717) is 18.7 Å². The predicted octanol–water partition coefficient (Wildman–Crippen LogP) is 2.30. The number of fused-ring (bicyclic) bond motifs is 3. The van der Waals surface area contributed by atoms with E-state index in [1.54, 1.807) is 6.07 Å². The van der Waals surface area contributed by atoms with Gasteiger partial charge in [-0.1, -0.05) is 30.3 Å². The number of ether oxygens (including phenoxy) is 1. The van der Waals surface area contributed by atoms with Gasteiger partial charge in [0.2, 0.25) is 5.60 Å². The summed E-state index contributed by atoms with van der Waals surface area (Å²) in [7, 11) is 0. The minimum Gasteiger partial charge on any atom is -0.394 e. The Kier molecular flexibility index (Phi) is 4.45. The Morgan fingerprint density at radius 3 is 2.50 bits per heavy atom. The molecule has 1 unspecified atom stereocenters. The summed E-state index contributed by atoms with van der Waals surface area (Å²) in [6.45, 7) is 0.660. The van der Waals surface area contributed by atoms with Crippen molar-refractivity contribution < 1.29 is 32.9 Å². The minimum absolute atomic E-state index is 0.0786. The molecule has 2 aromatic rings. The summed E-state index contributed by atoms with van der Waals surface area (Å²) < 4.78 is 46.9. The van der Waals surface area contributed by atoms with E-state index in [-0.39, 0.29) is 41.6 Å². The van der Waals surface area contributed by atoms with Crippen molar-refractivity contribution in [2.75, 3.05) is 26.3 Å². The number of likely N-dealkylation sites (tertiary alicyclic amines) is 1. The van der Waals surface area contributed by atoms with Crippen LogP contribution in [-0.2, 0) is 10.3 Å². The van der Waals surface area contributed by atoms with Crippen molar-refractivity contribution in [3.8, 4) is 11.1 Å². The molecule has 2 N–H and O–H groups in total. The third kappa shape index (κ3) is 2.71. The summed E-state index contributed by atoms with van der Waals surface area (Å²) in [5, 5.41) is 19.4. The maximum atomic E-state index is 13.9. The van der Waals surface area contributed by atoms with Crippen LogP contribution in [0.3, 0.4) is 0 Å². The highest BCUT2D eigenvalue weighted by molar-refractivity contribution is 5.96. The van der Waals surface area contributed by atoms with Gasteiger partial charge in [0.1, 0.15) is 0 Å². The molecule has 5 nitrogen and oxygen atoms in total. The highest BCUT2D eigenvalue weighted by Gasteiger charge is 2.60. The van der Waals surface area contributed by atoms with Gasteiger partial charge in [-0.2, -0.15) is 13.2 Å². The number of rotatable bonds is 4. The zero-order chi connectivity index (χ0) is 20.1. The summed E-state index contributed by atoms with van der Waals surface area (Å²) in [5.74, 6) is -0.424.